The number of imidazole rings is 1. The summed E-state index contributed by atoms with van der Waals surface area (Å²) in [6, 6.07) is 10.8. The van der Waals surface area contributed by atoms with Crippen molar-refractivity contribution in [3.05, 3.63) is 65.7 Å². The molecule has 0 spiro atoms. The van der Waals surface area contributed by atoms with Crippen molar-refractivity contribution >= 4 is 22.6 Å². The highest BCUT2D eigenvalue weighted by Gasteiger charge is 2.19. The number of carbonyl (C=O) groups is 1. The Morgan fingerprint density at radius 1 is 1.14 bits per heavy atom. The molecule has 0 saturated heterocycles. The molecule has 0 amide bonds. The van der Waals surface area contributed by atoms with Gasteiger partial charge in [0.1, 0.15) is 17.0 Å². The van der Waals surface area contributed by atoms with Crippen LogP contribution in [0.2, 0.25) is 0 Å². The fraction of sp³-hybridized carbons (Fsp3) is 0.227. The van der Waals surface area contributed by atoms with Gasteiger partial charge in [-0.15, -0.1) is 0 Å². The quantitative estimate of drug-likeness (QED) is 0.472. The van der Waals surface area contributed by atoms with Crippen LogP contribution >= 0.6 is 0 Å². The van der Waals surface area contributed by atoms with E-state index in [4.69, 9.17) is 4.74 Å². The molecule has 4 rings (SSSR count). The van der Waals surface area contributed by atoms with Crippen molar-refractivity contribution < 1.29 is 13.9 Å². The molecule has 142 valence electrons. The van der Waals surface area contributed by atoms with Crippen LogP contribution in [-0.2, 0) is 10.2 Å². The van der Waals surface area contributed by atoms with Gasteiger partial charge in [-0.05, 0) is 23.1 Å². The lowest BCUT2D eigenvalue weighted by Crippen LogP contribution is -2.10. The van der Waals surface area contributed by atoms with Crippen LogP contribution in [0.1, 0.15) is 36.7 Å². The van der Waals surface area contributed by atoms with Gasteiger partial charge in [0.2, 0.25) is 0 Å². The molecule has 0 fully saturated rings. The minimum Gasteiger partial charge on any atom is -0.465 e. The molecule has 5 nitrogen and oxygen atoms in total. The zero-order chi connectivity index (χ0) is 20.1. The summed E-state index contributed by atoms with van der Waals surface area (Å²) in [5.74, 6) is -1.16. The summed E-state index contributed by atoms with van der Waals surface area (Å²) >= 11 is 0. The van der Waals surface area contributed by atoms with E-state index in [0.717, 1.165) is 11.6 Å². The van der Waals surface area contributed by atoms with Crippen molar-refractivity contribution in [1.29, 1.82) is 0 Å². The van der Waals surface area contributed by atoms with Crippen molar-refractivity contribution in [2.24, 2.45) is 0 Å². The predicted molar refractivity (Wildman–Crippen MR) is 106 cm³/mol. The highest BCUT2D eigenvalue weighted by molar-refractivity contribution is 5.95. The second-order valence-corrected chi connectivity index (χ2v) is 7.73. The van der Waals surface area contributed by atoms with Gasteiger partial charge in [-0.1, -0.05) is 45.0 Å². The molecule has 0 aliphatic carbocycles. The molecule has 2 aromatic carbocycles. The molecule has 0 N–H and O–H groups in total. The van der Waals surface area contributed by atoms with Crippen LogP contribution in [0.3, 0.4) is 0 Å². The summed E-state index contributed by atoms with van der Waals surface area (Å²) in [4.78, 5) is 20.9. The molecule has 0 unspecified atom stereocenters. The number of hydrogen-bond acceptors (Lipinski definition) is 4. The fourth-order valence-corrected chi connectivity index (χ4v) is 3.30. The first kappa shape index (κ1) is 18.1. The molecule has 28 heavy (non-hydrogen) atoms. The average molecular weight is 377 g/mol. The second-order valence-electron chi connectivity index (χ2n) is 7.73. The average Bonchev–Trinajstić information content (AvgIpc) is 3.15. The van der Waals surface area contributed by atoms with E-state index in [1.54, 1.807) is 16.8 Å². The summed E-state index contributed by atoms with van der Waals surface area (Å²) in [5.41, 5.74) is 4.05. The number of nitrogens with zero attached hydrogens (tertiary/aromatic N) is 3. The maximum absolute atomic E-state index is 14.8. The molecule has 2 heterocycles. The first-order valence-corrected chi connectivity index (χ1v) is 8.95. The smallest absolute Gasteiger partial charge is 0.338 e. The van der Waals surface area contributed by atoms with E-state index in [2.05, 4.69) is 42.9 Å². The van der Waals surface area contributed by atoms with Gasteiger partial charge in [0.15, 0.2) is 5.65 Å². The van der Waals surface area contributed by atoms with Gasteiger partial charge in [0.25, 0.3) is 0 Å². The van der Waals surface area contributed by atoms with Crippen LogP contribution in [0, 0.1) is 5.82 Å². The molecular weight excluding hydrogens is 357 g/mol. The van der Waals surface area contributed by atoms with Crippen molar-refractivity contribution in [2.45, 2.75) is 26.2 Å². The van der Waals surface area contributed by atoms with E-state index < -0.39 is 11.8 Å². The van der Waals surface area contributed by atoms with E-state index in [0.29, 0.717) is 16.9 Å². The Bertz CT molecular complexity index is 1200. The van der Waals surface area contributed by atoms with Gasteiger partial charge < -0.3 is 4.74 Å². The fourth-order valence-electron chi connectivity index (χ4n) is 3.30. The van der Waals surface area contributed by atoms with Gasteiger partial charge in [-0.25, -0.2) is 19.2 Å². The number of ether oxygens (including phenoxy) is 1. The van der Waals surface area contributed by atoms with E-state index in [1.807, 2.05) is 12.1 Å². The van der Waals surface area contributed by atoms with Crippen LogP contribution in [0.4, 0.5) is 4.39 Å². The highest BCUT2D eigenvalue weighted by Crippen LogP contribution is 2.30. The number of methoxy groups -OCH3 is 1. The SMILES string of the molecule is COC(=O)c1cc(F)c2c(c1)nc(-c1ccc(C(C)(C)C)cc1)c1nccn12. The molecule has 0 aliphatic heterocycles. The third-order valence-electron chi connectivity index (χ3n) is 4.81. The van der Waals surface area contributed by atoms with E-state index in [-0.39, 0.29) is 16.5 Å². The lowest BCUT2D eigenvalue weighted by atomic mass is 9.86. The Labute approximate surface area is 161 Å². The van der Waals surface area contributed by atoms with Gasteiger partial charge in [0.05, 0.1) is 18.2 Å². The van der Waals surface area contributed by atoms with Crippen LogP contribution in [-0.4, -0.2) is 27.4 Å². The van der Waals surface area contributed by atoms with E-state index in [1.165, 1.54) is 18.7 Å². The number of fused-ring (bicyclic) bond motifs is 3. The Kier molecular flexibility index (Phi) is 4.14. The molecule has 0 aliphatic rings. The zero-order valence-electron chi connectivity index (χ0n) is 16.2. The topological polar surface area (TPSA) is 56.5 Å². The number of hydrogen-bond donors (Lipinski definition) is 0. The monoisotopic (exact) mass is 377 g/mol. The minimum absolute atomic E-state index is 0.0382. The lowest BCUT2D eigenvalue weighted by Gasteiger charge is -2.19. The molecule has 6 heteroatoms. The van der Waals surface area contributed by atoms with Crippen LogP contribution in [0.5, 0.6) is 0 Å². The summed E-state index contributed by atoms with van der Waals surface area (Å²) in [6.45, 7) is 6.46. The third-order valence-corrected chi connectivity index (χ3v) is 4.81. The van der Waals surface area contributed by atoms with Crippen molar-refractivity contribution in [3.8, 4) is 11.3 Å². The molecule has 0 atom stereocenters. The van der Waals surface area contributed by atoms with E-state index in [9.17, 15) is 9.18 Å². The van der Waals surface area contributed by atoms with Crippen LogP contribution in [0.25, 0.3) is 27.9 Å². The Balaban J connectivity index is 1.97. The standard InChI is InChI=1S/C22H20FN3O2/c1-22(2,3)15-7-5-13(6-8-15)18-20-24-9-10-26(20)19-16(23)11-14(21(27)28-4)12-17(19)25-18/h5-12H,1-4H3. The molecule has 0 saturated carbocycles. The highest BCUT2D eigenvalue weighted by atomic mass is 19.1. The largest absolute Gasteiger partial charge is 0.465 e. The summed E-state index contributed by atoms with van der Waals surface area (Å²) in [5, 5.41) is 0. The molecular formula is C22H20FN3O2. The first-order valence-electron chi connectivity index (χ1n) is 8.95. The predicted octanol–water partition coefficient (Wildman–Crippen LogP) is 4.77. The van der Waals surface area contributed by atoms with Gasteiger partial charge in [0, 0.05) is 18.0 Å². The molecule has 0 bridgehead atoms. The van der Waals surface area contributed by atoms with Crippen molar-refractivity contribution in [1.82, 2.24) is 14.4 Å². The summed E-state index contributed by atoms with van der Waals surface area (Å²) in [7, 11) is 1.26. The molecule has 2 aromatic heterocycles. The van der Waals surface area contributed by atoms with Crippen LogP contribution < -0.4 is 0 Å². The second kappa shape index (κ2) is 6.41. The lowest BCUT2D eigenvalue weighted by molar-refractivity contribution is 0.0600. The van der Waals surface area contributed by atoms with Gasteiger partial charge in [-0.2, -0.15) is 0 Å². The van der Waals surface area contributed by atoms with Gasteiger partial charge in [-0.3, -0.25) is 4.40 Å². The Morgan fingerprint density at radius 2 is 1.86 bits per heavy atom. The summed E-state index contributed by atoms with van der Waals surface area (Å²) in [6.07, 6.45) is 3.30. The molecule has 0 radical (unpaired) electrons. The van der Waals surface area contributed by atoms with Crippen molar-refractivity contribution in [3.63, 3.8) is 0 Å². The number of esters is 1. The Morgan fingerprint density at radius 3 is 2.50 bits per heavy atom. The van der Waals surface area contributed by atoms with Gasteiger partial charge >= 0.3 is 5.97 Å². The number of halogens is 1. The number of carbonyl (C=O) groups excluding carboxylic acids is 1. The number of rotatable bonds is 2. The maximum atomic E-state index is 14.8. The Hall–Kier alpha value is -3.28. The molecule has 4 aromatic rings. The number of benzene rings is 2. The minimum atomic E-state index is -0.607. The zero-order valence-corrected chi connectivity index (χ0v) is 16.2. The van der Waals surface area contributed by atoms with Crippen molar-refractivity contribution in [2.75, 3.05) is 7.11 Å². The first-order chi connectivity index (χ1) is 13.3. The van der Waals surface area contributed by atoms with Crippen LogP contribution in [0.15, 0.2) is 48.8 Å². The van der Waals surface area contributed by atoms with E-state index >= 15 is 0 Å². The number of aromatic nitrogens is 3. The summed E-state index contributed by atoms with van der Waals surface area (Å²) < 4.78 is 21.2. The normalized spacial score (nSPS) is 11.9. The third kappa shape index (κ3) is 2.91. The maximum Gasteiger partial charge on any atom is 0.338 e.